The van der Waals surface area contributed by atoms with Crippen LogP contribution in [0.3, 0.4) is 0 Å². The van der Waals surface area contributed by atoms with Gasteiger partial charge in [-0.15, -0.1) is 0 Å². The molecule has 1 aliphatic heterocycles. The van der Waals surface area contributed by atoms with Gasteiger partial charge in [-0.2, -0.15) is 0 Å². The van der Waals surface area contributed by atoms with Crippen molar-refractivity contribution in [3.8, 4) is 0 Å². The van der Waals surface area contributed by atoms with Gasteiger partial charge in [0.2, 0.25) is 0 Å². The van der Waals surface area contributed by atoms with Crippen LogP contribution in [0.25, 0.3) is 0 Å². The van der Waals surface area contributed by atoms with Crippen molar-refractivity contribution in [1.82, 2.24) is 4.90 Å². The number of sulfone groups is 1. The Morgan fingerprint density at radius 1 is 1.44 bits per heavy atom. The standard InChI is InChI=1S/C11H23N3O3S/c1-11(10(12)13-15)4-7-14(8-5-11)6-3-9-18(2,16)17/h15H,3-9H2,1-2H3,(H2,12,13). The molecular weight excluding hydrogens is 254 g/mol. The lowest BCUT2D eigenvalue weighted by molar-refractivity contribution is 0.159. The minimum atomic E-state index is -2.86. The topological polar surface area (TPSA) is 96.0 Å². The second-order valence-corrected chi connectivity index (χ2v) is 7.63. The quantitative estimate of drug-likeness (QED) is 0.325. The maximum atomic E-state index is 11.0. The lowest BCUT2D eigenvalue weighted by Crippen LogP contribution is -2.45. The summed E-state index contributed by atoms with van der Waals surface area (Å²) in [6, 6.07) is 0. The number of hydrogen-bond donors (Lipinski definition) is 2. The van der Waals surface area contributed by atoms with E-state index in [0.717, 1.165) is 32.5 Å². The molecule has 0 aromatic heterocycles. The molecule has 0 spiro atoms. The maximum absolute atomic E-state index is 11.0. The molecule has 3 N–H and O–H groups in total. The highest BCUT2D eigenvalue weighted by atomic mass is 32.2. The van der Waals surface area contributed by atoms with E-state index in [4.69, 9.17) is 10.9 Å². The van der Waals surface area contributed by atoms with E-state index in [2.05, 4.69) is 10.1 Å². The first-order chi connectivity index (χ1) is 8.27. The second-order valence-electron chi connectivity index (χ2n) is 5.37. The first-order valence-electron chi connectivity index (χ1n) is 6.15. The van der Waals surface area contributed by atoms with Gasteiger partial charge in [-0.1, -0.05) is 12.1 Å². The zero-order valence-electron chi connectivity index (χ0n) is 11.1. The molecular formula is C11H23N3O3S. The molecule has 6 nitrogen and oxygen atoms in total. The Morgan fingerprint density at radius 2 is 2.00 bits per heavy atom. The third-order valence-electron chi connectivity index (χ3n) is 3.68. The van der Waals surface area contributed by atoms with Crippen molar-refractivity contribution in [2.24, 2.45) is 16.3 Å². The van der Waals surface area contributed by atoms with Gasteiger partial charge in [0.15, 0.2) is 0 Å². The number of likely N-dealkylation sites (tertiary alicyclic amines) is 1. The summed E-state index contributed by atoms with van der Waals surface area (Å²) in [6.45, 7) is 4.50. The molecule has 0 atom stereocenters. The van der Waals surface area contributed by atoms with Crippen LogP contribution < -0.4 is 5.73 Å². The van der Waals surface area contributed by atoms with Gasteiger partial charge in [0.25, 0.3) is 0 Å². The third-order valence-corrected chi connectivity index (χ3v) is 4.71. The van der Waals surface area contributed by atoms with Gasteiger partial charge in [-0.3, -0.25) is 0 Å². The van der Waals surface area contributed by atoms with E-state index in [0.29, 0.717) is 12.3 Å². The van der Waals surface area contributed by atoms with Crippen LogP contribution in [-0.4, -0.2) is 56.0 Å². The van der Waals surface area contributed by atoms with Crippen LogP contribution in [0.2, 0.25) is 0 Å². The van der Waals surface area contributed by atoms with Crippen LogP contribution >= 0.6 is 0 Å². The van der Waals surface area contributed by atoms with Crippen LogP contribution in [0.1, 0.15) is 26.2 Å². The van der Waals surface area contributed by atoms with E-state index in [1.807, 2.05) is 6.92 Å². The van der Waals surface area contributed by atoms with Crippen molar-refractivity contribution in [1.29, 1.82) is 0 Å². The lowest BCUT2D eigenvalue weighted by atomic mass is 9.79. The van der Waals surface area contributed by atoms with E-state index in [1.54, 1.807) is 0 Å². The van der Waals surface area contributed by atoms with Gasteiger partial charge < -0.3 is 15.8 Å². The maximum Gasteiger partial charge on any atom is 0.147 e. The van der Waals surface area contributed by atoms with Crippen molar-refractivity contribution < 1.29 is 13.6 Å². The van der Waals surface area contributed by atoms with Gasteiger partial charge in [0.1, 0.15) is 15.7 Å². The number of rotatable bonds is 5. The average molecular weight is 277 g/mol. The predicted octanol–water partition coefficient (Wildman–Crippen LogP) is 0.270. The predicted molar refractivity (Wildman–Crippen MR) is 71.5 cm³/mol. The molecule has 1 heterocycles. The summed E-state index contributed by atoms with van der Waals surface area (Å²) in [5, 5.41) is 11.8. The van der Waals surface area contributed by atoms with E-state index in [-0.39, 0.29) is 11.2 Å². The molecule has 0 amide bonds. The van der Waals surface area contributed by atoms with Gasteiger partial charge in [0, 0.05) is 11.7 Å². The monoisotopic (exact) mass is 277 g/mol. The van der Waals surface area contributed by atoms with Crippen molar-refractivity contribution in [2.75, 3.05) is 31.6 Å². The van der Waals surface area contributed by atoms with Gasteiger partial charge >= 0.3 is 0 Å². The largest absolute Gasteiger partial charge is 0.409 e. The Morgan fingerprint density at radius 3 is 2.44 bits per heavy atom. The molecule has 0 aromatic carbocycles. The second kappa shape index (κ2) is 5.88. The molecule has 1 saturated heterocycles. The SMILES string of the molecule is CC1(C(N)=NO)CCN(CCCS(C)(=O)=O)CC1. The first kappa shape index (κ1) is 15.2. The first-order valence-corrected chi connectivity index (χ1v) is 8.21. The summed E-state index contributed by atoms with van der Waals surface area (Å²) in [7, 11) is -2.86. The highest BCUT2D eigenvalue weighted by Gasteiger charge is 2.33. The van der Waals surface area contributed by atoms with Crippen LogP contribution in [0.4, 0.5) is 0 Å². The molecule has 106 valence electrons. The fraction of sp³-hybridized carbons (Fsp3) is 0.909. The number of nitrogens with two attached hydrogens (primary N) is 1. The Bertz CT molecular complexity index is 398. The number of amidine groups is 1. The van der Waals surface area contributed by atoms with Crippen molar-refractivity contribution in [3.05, 3.63) is 0 Å². The summed E-state index contributed by atoms with van der Waals surface area (Å²) in [5.41, 5.74) is 5.45. The van der Waals surface area contributed by atoms with Crippen molar-refractivity contribution in [2.45, 2.75) is 26.2 Å². The van der Waals surface area contributed by atoms with E-state index in [1.165, 1.54) is 6.26 Å². The van der Waals surface area contributed by atoms with E-state index < -0.39 is 9.84 Å². The van der Waals surface area contributed by atoms with Crippen molar-refractivity contribution in [3.63, 3.8) is 0 Å². The molecule has 0 aliphatic carbocycles. The number of oxime groups is 1. The van der Waals surface area contributed by atoms with Crippen LogP contribution in [-0.2, 0) is 9.84 Å². The molecule has 1 fully saturated rings. The minimum absolute atomic E-state index is 0.234. The third kappa shape index (κ3) is 4.45. The highest BCUT2D eigenvalue weighted by Crippen LogP contribution is 2.30. The summed E-state index contributed by atoms with van der Waals surface area (Å²) in [5.74, 6) is 0.527. The Labute approximate surface area is 109 Å². The lowest BCUT2D eigenvalue weighted by Gasteiger charge is -2.38. The average Bonchev–Trinajstić information content (AvgIpc) is 2.29. The van der Waals surface area contributed by atoms with Crippen LogP contribution in [0.15, 0.2) is 5.16 Å². The molecule has 1 aliphatic rings. The van der Waals surface area contributed by atoms with Crippen molar-refractivity contribution >= 4 is 15.7 Å². The van der Waals surface area contributed by atoms with Gasteiger partial charge in [-0.25, -0.2) is 8.42 Å². The van der Waals surface area contributed by atoms with E-state index >= 15 is 0 Å². The molecule has 7 heteroatoms. The smallest absolute Gasteiger partial charge is 0.147 e. The summed E-state index contributed by atoms with van der Waals surface area (Å²) in [4.78, 5) is 2.23. The molecule has 0 radical (unpaired) electrons. The van der Waals surface area contributed by atoms with Gasteiger partial charge in [-0.05, 0) is 38.9 Å². The molecule has 1 rings (SSSR count). The number of nitrogens with zero attached hydrogens (tertiary/aromatic N) is 2. The highest BCUT2D eigenvalue weighted by molar-refractivity contribution is 7.90. The zero-order chi connectivity index (χ0) is 13.8. The van der Waals surface area contributed by atoms with Gasteiger partial charge in [0.05, 0.1) is 5.75 Å². The fourth-order valence-electron chi connectivity index (χ4n) is 2.20. The Kier molecular flexibility index (Phi) is 4.98. The Balaban J connectivity index is 2.36. The van der Waals surface area contributed by atoms with Crippen LogP contribution in [0, 0.1) is 5.41 Å². The Hall–Kier alpha value is -0.820. The molecule has 0 saturated carbocycles. The molecule has 0 bridgehead atoms. The minimum Gasteiger partial charge on any atom is -0.409 e. The number of piperidine rings is 1. The molecule has 0 unspecified atom stereocenters. The normalized spacial score (nSPS) is 22.0. The number of hydrogen-bond acceptors (Lipinski definition) is 5. The summed E-state index contributed by atoms with van der Waals surface area (Å²) in [6.07, 6.45) is 3.60. The summed E-state index contributed by atoms with van der Waals surface area (Å²) >= 11 is 0. The zero-order valence-corrected chi connectivity index (χ0v) is 11.9. The molecule has 0 aromatic rings. The van der Waals surface area contributed by atoms with E-state index in [9.17, 15) is 8.42 Å². The van der Waals surface area contributed by atoms with Crippen LogP contribution in [0.5, 0.6) is 0 Å². The molecule has 18 heavy (non-hydrogen) atoms. The summed E-state index contributed by atoms with van der Waals surface area (Å²) < 4.78 is 22.1. The fourth-order valence-corrected chi connectivity index (χ4v) is 2.85.